The molecular formula is CH3O6P. The van der Waals surface area contributed by atoms with Crippen molar-refractivity contribution < 1.29 is 29.3 Å². The summed E-state index contributed by atoms with van der Waals surface area (Å²) >= 11 is 0. The van der Waals surface area contributed by atoms with E-state index < -0.39 is 13.3 Å². The van der Waals surface area contributed by atoms with Crippen LogP contribution >= 0.6 is 7.60 Å². The van der Waals surface area contributed by atoms with Crippen LogP contribution in [0.2, 0.25) is 0 Å². The van der Waals surface area contributed by atoms with E-state index in [0.717, 1.165) is 0 Å². The van der Waals surface area contributed by atoms with Crippen molar-refractivity contribution in [3.8, 4) is 0 Å². The van der Waals surface area contributed by atoms with Gasteiger partial charge in [-0.1, -0.05) is 0 Å². The summed E-state index contributed by atoms with van der Waals surface area (Å²) in [6, 6.07) is 0. The molecule has 0 aliphatic rings. The topological polar surface area (TPSA) is 104 Å². The second-order valence-corrected chi connectivity index (χ2v) is 2.35. The fraction of sp³-hybridized carbons (Fsp3) is 0. The molecule has 0 aromatic heterocycles. The maximum absolute atomic E-state index is 9.62. The maximum atomic E-state index is 9.62. The summed E-state index contributed by atoms with van der Waals surface area (Å²) < 4.78 is 9.62. The summed E-state index contributed by atoms with van der Waals surface area (Å²) in [5.74, 6) is 0. The predicted octanol–water partition coefficient (Wildman–Crippen LogP) is -0.226. The monoisotopic (exact) mass is 142 g/mol. The van der Waals surface area contributed by atoms with E-state index in [1.54, 1.807) is 0 Å². The lowest BCUT2D eigenvalue weighted by molar-refractivity contribution is -0.169. The average molecular weight is 142 g/mol. The van der Waals surface area contributed by atoms with Crippen molar-refractivity contribution in [1.29, 1.82) is 0 Å². The van der Waals surface area contributed by atoms with Gasteiger partial charge in [-0.15, -0.1) is 0 Å². The number of hydrogen-bond donors (Lipinski definition) is 3. The van der Waals surface area contributed by atoms with Crippen LogP contribution in [0.4, 0.5) is 4.79 Å². The smallest absolute Gasteiger partial charge is 0.316 e. The van der Waals surface area contributed by atoms with Crippen molar-refractivity contribution in [3.05, 3.63) is 0 Å². The van der Waals surface area contributed by atoms with Gasteiger partial charge in [0.15, 0.2) is 0 Å². The van der Waals surface area contributed by atoms with E-state index in [0.29, 0.717) is 0 Å². The fourth-order valence-electron chi connectivity index (χ4n) is 0.0532. The molecule has 0 fully saturated rings. The molecule has 0 radical (unpaired) electrons. The van der Waals surface area contributed by atoms with E-state index in [4.69, 9.17) is 15.0 Å². The van der Waals surface area contributed by atoms with Crippen molar-refractivity contribution in [2.75, 3.05) is 0 Å². The number of carbonyl (C=O) groups is 1. The summed E-state index contributed by atoms with van der Waals surface area (Å²) in [5.41, 5.74) is -1.95. The molecule has 0 unspecified atom stereocenters. The highest BCUT2D eigenvalue weighted by molar-refractivity contribution is 7.69. The minimum Gasteiger partial charge on any atom is -0.316 e. The van der Waals surface area contributed by atoms with Crippen LogP contribution in [0.25, 0.3) is 0 Å². The first-order valence-corrected chi connectivity index (χ1v) is 3.01. The van der Waals surface area contributed by atoms with Crippen molar-refractivity contribution >= 4 is 13.3 Å². The third-order valence-corrected chi connectivity index (χ3v) is 0.873. The normalized spacial score (nSPS) is 10.9. The van der Waals surface area contributed by atoms with Crippen LogP contribution in [0, 0.1) is 0 Å². The van der Waals surface area contributed by atoms with E-state index in [2.05, 4.69) is 4.89 Å². The number of rotatable bonds is 1. The molecule has 0 saturated carbocycles. The lowest BCUT2D eigenvalue weighted by Gasteiger charge is -1.94. The first-order chi connectivity index (χ1) is 3.48. The Morgan fingerprint density at radius 2 is 1.88 bits per heavy atom. The Balaban J connectivity index is 4.04. The van der Waals surface area contributed by atoms with Crippen LogP contribution < -0.4 is 0 Å². The zero-order chi connectivity index (χ0) is 6.78. The highest BCUT2D eigenvalue weighted by atomic mass is 31.2. The van der Waals surface area contributed by atoms with Gasteiger partial charge in [-0.2, -0.15) is 5.26 Å². The van der Waals surface area contributed by atoms with Crippen molar-refractivity contribution in [1.82, 2.24) is 0 Å². The predicted molar refractivity (Wildman–Crippen MR) is 21.2 cm³/mol. The maximum Gasteiger partial charge on any atom is 0.452 e. The fourth-order valence-corrected chi connectivity index (χ4v) is 0.160. The first-order valence-electron chi connectivity index (χ1n) is 1.40. The van der Waals surface area contributed by atoms with Gasteiger partial charge in [-0.25, -0.2) is 9.36 Å². The Labute approximate surface area is 43.8 Å². The van der Waals surface area contributed by atoms with Gasteiger partial charge in [0.1, 0.15) is 0 Å². The molecule has 0 aliphatic heterocycles. The van der Waals surface area contributed by atoms with Crippen molar-refractivity contribution in [2.45, 2.75) is 0 Å². The highest BCUT2D eigenvalue weighted by Gasteiger charge is 2.27. The van der Waals surface area contributed by atoms with Crippen LogP contribution in [-0.4, -0.2) is 20.8 Å². The van der Waals surface area contributed by atoms with E-state index in [1.807, 2.05) is 0 Å². The molecule has 0 heterocycles. The third kappa shape index (κ3) is 2.04. The highest BCUT2D eigenvalue weighted by Crippen LogP contribution is 2.36. The van der Waals surface area contributed by atoms with Gasteiger partial charge in [-0.3, -0.25) is 4.89 Å². The molecule has 0 rings (SSSR count). The molecule has 0 spiro atoms. The van der Waals surface area contributed by atoms with Crippen LogP contribution in [-0.2, 0) is 9.45 Å². The number of carbonyl (C=O) groups excluding carboxylic acids is 1. The van der Waals surface area contributed by atoms with Gasteiger partial charge in [0, 0.05) is 0 Å². The molecule has 3 N–H and O–H groups in total. The molecule has 0 aromatic carbocycles. The summed E-state index contributed by atoms with van der Waals surface area (Å²) in [5, 5.41) is 7.33. The summed E-state index contributed by atoms with van der Waals surface area (Å²) in [7, 11) is -4.87. The Bertz CT molecular complexity index is 131. The van der Waals surface area contributed by atoms with Gasteiger partial charge in [-0.05, 0) is 0 Å². The average Bonchev–Trinajstić information content (AvgIpc) is 1.62. The SMILES string of the molecule is O=C(OO)P(=O)(O)O. The van der Waals surface area contributed by atoms with E-state index in [-0.39, 0.29) is 0 Å². The molecule has 0 saturated heterocycles. The lowest BCUT2D eigenvalue weighted by atomic mass is 11.6. The molecular weight excluding hydrogens is 139 g/mol. The van der Waals surface area contributed by atoms with Crippen LogP contribution in [0.3, 0.4) is 0 Å². The molecule has 0 aromatic rings. The van der Waals surface area contributed by atoms with Crippen molar-refractivity contribution in [2.24, 2.45) is 0 Å². The molecule has 0 atom stereocenters. The second kappa shape index (κ2) is 2.23. The minimum atomic E-state index is -4.87. The quantitative estimate of drug-likeness (QED) is 0.265. The number of hydrogen-bond acceptors (Lipinski definition) is 4. The Morgan fingerprint density at radius 1 is 1.50 bits per heavy atom. The van der Waals surface area contributed by atoms with Crippen molar-refractivity contribution in [3.63, 3.8) is 0 Å². The minimum absolute atomic E-state index is 1.95. The second-order valence-electron chi connectivity index (χ2n) is 0.901. The Hall–Kier alpha value is -0.420. The third-order valence-electron chi connectivity index (χ3n) is 0.316. The van der Waals surface area contributed by atoms with Crippen LogP contribution in [0.1, 0.15) is 0 Å². The molecule has 0 aliphatic carbocycles. The Morgan fingerprint density at radius 3 is 1.88 bits per heavy atom. The standard InChI is InChI=1S/CH3O6P/c2-1(7-3)8(4,5)6/h3H,(H2,4,5,6). The largest absolute Gasteiger partial charge is 0.452 e. The van der Waals surface area contributed by atoms with E-state index >= 15 is 0 Å². The summed E-state index contributed by atoms with van der Waals surface area (Å²) in [4.78, 5) is 27.8. The molecule has 48 valence electrons. The molecule has 0 bridgehead atoms. The van der Waals surface area contributed by atoms with Gasteiger partial charge in [0.25, 0.3) is 0 Å². The summed E-state index contributed by atoms with van der Waals surface area (Å²) in [6.45, 7) is 0. The van der Waals surface area contributed by atoms with Crippen LogP contribution in [0.5, 0.6) is 0 Å². The van der Waals surface area contributed by atoms with Gasteiger partial charge in [0.2, 0.25) is 0 Å². The molecule has 0 amide bonds. The van der Waals surface area contributed by atoms with Gasteiger partial charge < -0.3 is 9.79 Å². The zero-order valence-corrected chi connectivity index (χ0v) is 4.41. The Kier molecular flexibility index (Phi) is 2.12. The molecule has 8 heavy (non-hydrogen) atoms. The van der Waals surface area contributed by atoms with E-state index in [1.165, 1.54) is 0 Å². The van der Waals surface area contributed by atoms with Gasteiger partial charge >= 0.3 is 13.3 Å². The zero-order valence-electron chi connectivity index (χ0n) is 3.51. The van der Waals surface area contributed by atoms with E-state index in [9.17, 15) is 9.36 Å². The van der Waals surface area contributed by atoms with Gasteiger partial charge in [0.05, 0.1) is 0 Å². The summed E-state index contributed by atoms with van der Waals surface area (Å²) in [6.07, 6.45) is 0. The lowest BCUT2D eigenvalue weighted by Crippen LogP contribution is -1.97. The molecule has 6 nitrogen and oxygen atoms in total. The first kappa shape index (κ1) is 7.58. The molecule has 7 heteroatoms. The van der Waals surface area contributed by atoms with Crippen LogP contribution in [0.15, 0.2) is 0 Å².